The number of hydrogen-bond acceptors (Lipinski definition) is 11. The quantitative estimate of drug-likeness (QED) is 0.198. The number of carbonyl (C=O) groups excluding carboxylic acids is 3. The number of ether oxygens (including phenoxy) is 4. The normalized spacial score (nSPS) is 16.5. The third-order valence-corrected chi connectivity index (χ3v) is 9.42. The topological polar surface area (TPSA) is 148 Å². The highest BCUT2D eigenvalue weighted by atomic mass is 16.6. The summed E-state index contributed by atoms with van der Waals surface area (Å²) in [4.78, 5) is 52.5. The number of nitrogens with zero attached hydrogens (tertiary/aromatic N) is 5. The van der Waals surface area contributed by atoms with Gasteiger partial charge in [0.1, 0.15) is 17.0 Å². The Morgan fingerprint density at radius 3 is 2.38 bits per heavy atom. The van der Waals surface area contributed by atoms with Crippen LogP contribution in [0.4, 0.5) is 27.9 Å². The maximum absolute atomic E-state index is 12.9. The van der Waals surface area contributed by atoms with Crippen LogP contribution in [0, 0.1) is 0 Å². The van der Waals surface area contributed by atoms with E-state index < -0.39 is 5.60 Å². The number of nitrogens with one attached hydrogen (secondary N) is 2. The summed E-state index contributed by atoms with van der Waals surface area (Å²) in [7, 11) is 3.31. The summed E-state index contributed by atoms with van der Waals surface area (Å²) in [5.74, 6) is 1.47. The largest absolute Gasteiger partial charge is 0.495 e. The summed E-state index contributed by atoms with van der Waals surface area (Å²) in [6.45, 7) is 13.6. The van der Waals surface area contributed by atoms with Crippen LogP contribution in [-0.4, -0.2) is 111 Å². The van der Waals surface area contributed by atoms with Crippen molar-refractivity contribution in [1.82, 2.24) is 20.2 Å². The van der Waals surface area contributed by atoms with E-state index in [1.807, 2.05) is 34.6 Å². The Bertz CT molecular complexity index is 1490. The van der Waals surface area contributed by atoms with E-state index in [1.165, 1.54) is 0 Å². The number of likely N-dealkylation sites (tertiary alicyclic amines) is 1. The molecule has 0 bridgehead atoms. The Morgan fingerprint density at radius 2 is 1.68 bits per heavy atom. The van der Waals surface area contributed by atoms with Crippen LogP contribution in [0.25, 0.3) is 0 Å². The van der Waals surface area contributed by atoms with Gasteiger partial charge in [-0.25, -0.2) is 9.78 Å². The summed E-state index contributed by atoms with van der Waals surface area (Å²) in [5, 5.41) is 6.19. The molecule has 0 radical (unpaired) electrons. The van der Waals surface area contributed by atoms with Crippen molar-refractivity contribution in [2.24, 2.45) is 0 Å². The minimum atomic E-state index is -0.483. The first-order valence-corrected chi connectivity index (χ1v) is 19.3. The van der Waals surface area contributed by atoms with Gasteiger partial charge < -0.3 is 44.3 Å². The first-order chi connectivity index (χ1) is 25.5. The molecule has 0 unspecified atom stereocenters. The highest BCUT2D eigenvalue weighted by Gasteiger charge is 2.34. The number of rotatable bonds is 15. The van der Waals surface area contributed by atoms with Crippen LogP contribution in [0.1, 0.15) is 103 Å². The number of likely N-dealkylation sites (N-methyl/N-ethyl adjacent to an activating group) is 1. The number of hydrogen-bond donors (Lipinski definition) is 2. The molecule has 5 rings (SSSR count). The average molecular weight is 740 g/mol. The molecule has 1 saturated carbocycles. The SMILES string of the molecule is CC.COc1cc(C(=O)NCCCOCCCCOC2CCN(C(=O)OC(C)(C)C)CC2)ccc1Nc1ncc2c(n1)N(C1CCCC1)CC(=O)N2C. The minimum absolute atomic E-state index is 0.0335. The van der Waals surface area contributed by atoms with Crippen LogP contribution in [0.3, 0.4) is 0 Å². The molecular formula is C39H61N7O7. The lowest BCUT2D eigenvalue weighted by molar-refractivity contribution is -0.117. The predicted octanol–water partition coefficient (Wildman–Crippen LogP) is 6.31. The van der Waals surface area contributed by atoms with Gasteiger partial charge in [0, 0.05) is 58.1 Å². The van der Waals surface area contributed by atoms with Gasteiger partial charge in [-0.15, -0.1) is 0 Å². The fraction of sp³-hybridized carbons (Fsp3) is 0.667. The molecular weight excluding hydrogens is 678 g/mol. The lowest BCUT2D eigenvalue weighted by Gasteiger charge is -2.37. The van der Waals surface area contributed by atoms with Crippen molar-refractivity contribution in [1.29, 1.82) is 0 Å². The van der Waals surface area contributed by atoms with Crippen LogP contribution in [0.2, 0.25) is 0 Å². The molecule has 2 N–H and O–H groups in total. The van der Waals surface area contributed by atoms with Gasteiger partial charge >= 0.3 is 6.09 Å². The molecule has 1 aromatic heterocycles. The van der Waals surface area contributed by atoms with E-state index in [0.717, 1.165) is 57.2 Å². The van der Waals surface area contributed by atoms with Crippen molar-refractivity contribution < 1.29 is 33.3 Å². The van der Waals surface area contributed by atoms with Crippen LogP contribution in [0.15, 0.2) is 24.4 Å². The molecule has 0 atom stereocenters. The van der Waals surface area contributed by atoms with Crippen LogP contribution < -0.4 is 25.2 Å². The van der Waals surface area contributed by atoms with Crippen molar-refractivity contribution in [2.75, 3.05) is 75.3 Å². The molecule has 3 heterocycles. The van der Waals surface area contributed by atoms with E-state index in [9.17, 15) is 14.4 Å². The van der Waals surface area contributed by atoms with Gasteiger partial charge in [-0.05, 0) is 83.9 Å². The molecule has 3 aliphatic rings. The standard InChI is InChI=1S/C37H55N7O7.C2H6/c1-37(2,3)51-36(47)43-18-15-28(16-19-43)50-22-9-8-20-49-21-10-17-38-34(46)26-13-14-29(31(23-26)48-5)40-35-39-24-30-33(41-35)44(25-32(45)42(30)4)27-11-6-7-12-27;1-2/h13-14,23-24,27-28H,6-12,15-22,25H2,1-5H3,(H,38,46)(H,39,40,41);1-2H3. The van der Waals surface area contributed by atoms with Crippen molar-refractivity contribution in [3.05, 3.63) is 30.0 Å². The first kappa shape index (κ1) is 41.6. The monoisotopic (exact) mass is 739 g/mol. The Balaban J connectivity index is 0.00000308. The Hall–Kier alpha value is -4.17. The molecule has 3 amide bonds. The van der Waals surface area contributed by atoms with E-state index in [4.69, 9.17) is 23.9 Å². The second kappa shape index (κ2) is 20.3. The lowest BCUT2D eigenvalue weighted by Crippen LogP contribution is -2.48. The fourth-order valence-electron chi connectivity index (χ4n) is 6.58. The van der Waals surface area contributed by atoms with Crippen molar-refractivity contribution in [3.63, 3.8) is 0 Å². The number of carbonyl (C=O) groups is 3. The van der Waals surface area contributed by atoms with Crippen LogP contribution in [0.5, 0.6) is 5.75 Å². The van der Waals surface area contributed by atoms with Gasteiger partial charge in [-0.1, -0.05) is 26.7 Å². The zero-order valence-electron chi connectivity index (χ0n) is 32.9. The van der Waals surface area contributed by atoms with Gasteiger partial charge in [0.15, 0.2) is 5.82 Å². The number of methoxy groups -OCH3 is 1. The number of fused-ring (bicyclic) bond motifs is 1. The van der Waals surface area contributed by atoms with E-state index in [0.29, 0.717) is 87.1 Å². The summed E-state index contributed by atoms with van der Waals surface area (Å²) in [5.41, 5.74) is 1.32. The minimum Gasteiger partial charge on any atom is -0.495 e. The molecule has 1 aromatic carbocycles. The van der Waals surface area contributed by atoms with Crippen LogP contribution in [-0.2, 0) is 19.0 Å². The Morgan fingerprint density at radius 1 is 0.981 bits per heavy atom. The number of unbranched alkanes of at least 4 members (excludes halogenated alkanes) is 1. The highest BCUT2D eigenvalue weighted by molar-refractivity contribution is 6.02. The highest BCUT2D eigenvalue weighted by Crippen LogP contribution is 2.37. The molecule has 14 nitrogen and oxygen atoms in total. The number of anilines is 4. The predicted molar refractivity (Wildman–Crippen MR) is 206 cm³/mol. The van der Waals surface area contributed by atoms with E-state index in [2.05, 4.69) is 20.5 Å². The number of piperidine rings is 1. The molecule has 0 spiro atoms. The van der Waals surface area contributed by atoms with Gasteiger partial charge in [-0.2, -0.15) is 4.98 Å². The maximum Gasteiger partial charge on any atom is 0.410 e. The average Bonchev–Trinajstić information content (AvgIpc) is 3.69. The van der Waals surface area contributed by atoms with Gasteiger partial charge in [0.25, 0.3) is 5.91 Å². The first-order valence-electron chi connectivity index (χ1n) is 19.3. The molecule has 14 heteroatoms. The summed E-state index contributed by atoms with van der Waals surface area (Å²) >= 11 is 0. The molecule has 2 aliphatic heterocycles. The van der Waals surface area contributed by atoms with Gasteiger partial charge in [-0.3, -0.25) is 9.59 Å². The second-order valence-corrected chi connectivity index (χ2v) is 14.4. The summed E-state index contributed by atoms with van der Waals surface area (Å²) in [6, 6.07) is 5.50. The number of aromatic nitrogens is 2. The summed E-state index contributed by atoms with van der Waals surface area (Å²) < 4.78 is 22.8. The second-order valence-electron chi connectivity index (χ2n) is 14.4. The van der Waals surface area contributed by atoms with E-state index in [-0.39, 0.29) is 24.0 Å². The molecule has 53 heavy (non-hydrogen) atoms. The van der Waals surface area contributed by atoms with Gasteiger partial charge in [0.05, 0.1) is 31.6 Å². The van der Waals surface area contributed by atoms with E-state index >= 15 is 0 Å². The summed E-state index contributed by atoms with van der Waals surface area (Å²) in [6.07, 6.45) is 10.2. The number of amides is 3. The maximum atomic E-state index is 12.9. The molecule has 1 saturated heterocycles. The molecule has 1 aliphatic carbocycles. The Labute approximate surface area is 315 Å². The van der Waals surface area contributed by atoms with Crippen molar-refractivity contribution in [2.45, 2.75) is 110 Å². The lowest BCUT2D eigenvalue weighted by atomic mass is 10.1. The van der Waals surface area contributed by atoms with Crippen molar-refractivity contribution >= 4 is 41.0 Å². The van der Waals surface area contributed by atoms with Gasteiger partial charge in [0.2, 0.25) is 11.9 Å². The molecule has 2 fully saturated rings. The number of benzene rings is 1. The van der Waals surface area contributed by atoms with Crippen molar-refractivity contribution in [3.8, 4) is 5.75 Å². The van der Waals surface area contributed by atoms with Crippen LogP contribution >= 0.6 is 0 Å². The fourth-order valence-corrected chi connectivity index (χ4v) is 6.58. The smallest absolute Gasteiger partial charge is 0.410 e. The third kappa shape index (κ3) is 12.2. The zero-order chi connectivity index (χ0) is 38.4. The zero-order valence-corrected chi connectivity index (χ0v) is 32.9. The molecule has 294 valence electrons. The van der Waals surface area contributed by atoms with E-state index in [1.54, 1.807) is 48.4 Å². The Kier molecular flexibility index (Phi) is 16.0. The molecule has 2 aromatic rings. The third-order valence-electron chi connectivity index (χ3n) is 9.42.